The Bertz CT molecular complexity index is 563. The fourth-order valence-corrected chi connectivity index (χ4v) is 2.54. The highest BCUT2D eigenvalue weighted by molar-refractivity contribution is 5.77. The zero-order chi connectivity index (χ0) is 17.3. The van der Waals surface area contributed by atoms with E-state index in [4.69, 9.17) is 9.15 Å². The Morgan fingerprint density at radius 1 is 1.43 bits per heavy atom. The summed E-state index contributed by atoms with van der Waals surface area (Å²) < 4.78 is 50.1. The Balaban J connectivity index is 2.07. The molecule has 2 rings (SSSR count). The molecule has 1 aliphatic rings. The quantitative estimate of drug-likeness (QED) is 0.867. The molecular weight excluding hydrogens is 315 g/mol. The van der Waals surface area contributed by atoms with Crippen molar-refractivity contribution in [1.82, 2.24) is 5.32 Å². The number of aliphatic hydroxyl groups is 1. The molecule has 1 aromatic rings. The number of ether oxygens (including phenoxy) is 1. The molecule has 0 aliphatic carbocycles. The maximum Gasteiger partial charge on any atom is 0.425 e. The second kappa shape index (κ2) is 6.16. The van der Waals surface area contributed by atoms with Crippen LogP contribution in [0.4, 0.5) is 13.2 Å². The lowest BCUT2D eigenvalue weighted by Crippen LogP contribution is -2.48. The van der Waals surface area contributed by atoms with E-state index in [9.17, 15) is 23.1 Å². The van der Waals surface area contributed by atoms with Crippen molar-refractivity contribution in [2.45, 2.75) is 50.5 Å². The number of hydrogen-bond acceptors (Lipinski definition) is 4. The number of alkyl halides is 3. The lowest BCUT2D eigenvalue weighted by Gasteiger charge is -2.29. The molecule has 1 amide bonds. The van der Waals surface area contributed by atoms with E-state index in [1.807, 2.05) is 0 Å². The zero-order valence-electron chi connectivity index (χ0n) is 13.0. The van der Waals surface area contributed by atoms with E-state index in [-0.39, 0.29) is 12.3 Å². The van der Waals surface area contributed by atoms with Crippen LogP contribution in [0.3, 0.4) is 0 Å². The van der Waals surface area contributed by atoms with Crippen molar-refractivity contribution in [1.29, 1.82) is 0 Å². The first-order valence-electron chi connectivity index (χ1n) is 7.32. The van der Waals surface area contributed by atoms with Gasteiger partial charge in [-0.15, -0.1) is 0 Å². The molecule has 2 atom stereocenters. The number of rotatable bonds is 5. The van der Waals surface area contributed by atoms with Gasteiger partial charge < -0.3 is 19.6 Å². The number of nitrogens with one attached hydrogen (secondary N) is 1. The van der Waals surface area contributed by atoms with Crippen LogP contribution in [0, 0.1) is 6.92 Å². The van der Waals surface area contributed by atoms with E-state index >= 15 is 0 Å². The summed E-state index contributed by atoms with van der Waals surface area (Å²) in [4.78, 5) is 11.9. The first-order valence-corrected chi connectivity index (χ1v) is 7.32. The lowest BCUT2D eigenvalue weighted by molar-refractivity contribution is -0.273. The molecule has 5 nitrogen and oxygen atoms in total. The van der Waals surface area contributed by atoms with E-state index in [1.165, 1.54) is 13.0 Å². The molecule has 130 valence electrons. The Morgan fingerprint density at radius 2 is 2.13 bits per heavy atom. The summed E-state index contributed by atoms with van der Waals surface area (Å²) in [5.41, 5.74) is -3.93. The molecule has 23 heavy (non-hydrogen) atoms. The molecule has 2 N–H and O–H groups in total. The second-order valence-electron chi connectivity index (χ2n) is 6.12. The van der Waals surface area contributed by atoms with Crippen LogP contribution in [0.25, 0.3) is 0 Å². The van der Waals surface area contributed by atoms with Gasteiger partial charge in [-0.3, -0.25) is 4.79 Å². The largest absolute Gasteiger partial charge is 0.463 e. The van der Waals surface area contributed by atoms with Crippen LogP contribution in [-0.4, -0.2) is 35.9 Å². The Morgan fingerprint density at radius 3 is 2.61 bits per heavy atom. The highest BCUT2D eigenvalue weighted by Gasteiger charge is 2.58. The van der Waals surface area contributed by atoms with Gasteiger partial charge in [0.25, 0.3) is 0 Å². The normalized spacial score (nSPS) is 24.4. The van der Waals surface area contributed by atoms with Gasteiger partial charge in [-0.25, -0.2) is 0 Å². The van der Waals surface area contributed by atoms with Crippen molar-refractivity contribution in [2.24, 2.45) is 0 Å². The highest BCUT2D eigenvalue weighted by atomic mass is 19.4. The van der Waals surface area contributed by atoms with Crippen molar-refractivity contribution in [3.8, 4) is 0 Å². The van der Waals surface area contributed by atoms with Gasteiger partial charge in [-0.05, 0) is 38.8 Å². The summed E-state index contributed by atoms with van der Waals surface area (Å²) >= 11 is 0. The van der Waals surface area contributed by atoms with Crippen molar-refractivity contribution >= 4 is 5.91 Å². The van der Waals surface area contributed by atoms with Crippen LogP contribution < -0.4 is 5.32 Å². The van der Waals surface area contributed by atoms with Crippen LogP contribution in [0.2, 0.25) is 0 Å². The summed E-state index contributed by atoms with van der Waals surface area (Å²) in [6.07, 6.45) is -4.65. The summed E-state index contributed by atoms with van der Waals surface area (Å²) in [6.45, 7) is 3.90. The Labute approximate surface area is 131 Å². The average molecular weight is 335 g/mol. The third kappa shape index (κ3) is 3.87. The average Bonchev–Trinajstić information content (AvgIpc) is 3.05. The van der Waals surface area contributed by atoms with Crippen LogP contribution >= 0.6 is 0 Å². The standard InChI is InChI=1S/C15H20F3NO4/c1-10-4-5-11(23-10)14(21,15(16,17)18)8-12(20)19-9-13(2)6-3-7-22-13/h4-5,21H,3,6-9H2,1-2H3,(H,19,20)/t13-,14+/m0/s1. The van der Waals surface area contributed by atoms with E-state index < -0.39 is 35.5 Å². The molecular formula is C15H20F3NO4. The zero-order valence-corrected chi connectivity index (χ0v) is 13.0. The molecule has 0 unspecified atom stereocenters. The smallest absolute Gasteiger partial charge is 0.425 e. The molecule has 1 fully saturated rings. The third-order valence-corrected chi connectivity index (χ3v) is 3.99. The summed E-state index contributed by atoms with van der Waals surface area (Å²) in [5.74, 6) is -1.40. The number of furan rings is 1. The first-order chi connectivity index (χ1) is 10.6. The van der Waals surface area contributed by atoms with Crippen molar-refractivity contribution in [3.05, 3.63) is 23.7 Å². The van der Waals surface area contributed by atoms with Gasteiger partial charge in [0.05, 0.1) is 12.0 Å². The van der Waals surface area contributed by atoms with Gasteiger partial charge in [0.15, 0.2) is 0 Å². The summed E-state index contributed by atoms with van der Waals surface area (Å²) in [7, 11) is 0. The van der Waals surface area contributed by atoms with Gasteiger partial charge in [0.2, 0.25) is 11.5 Å². The van der Waals surface area contributed by atoms with Gasteiger partial charge in [0.1, 0.15) is 11.5 Å². The molecule has 0 spiro atoms. The van der Waals surface area contributed by atoms with E-state index in [2.05, 4.69) is 5.32 Å². The molecule has 1 saturated heterocycles. The van der Waals surface area contributed by atoms with Gasteiger partial charge in [-0.1, -0.05) is 0 Å². The molecule has 1 aliphatic heterocycles. The molecule has 2 heterocycles. The summed E-state index contributed by atoms with van der Waals surface area (Å²) in [6, 6.07) is 2.33. The Hall–Kier alpha value is -1.54. The van der Waals surface area contributed by atoms with Crippen LogP contribution in [0.15, 0.2) is 16.5 Å². The van der Waals surface area contributed by atoms with E-state index in [0.717, 1.165) is 12.5 Å². The molecule has 8 heteroatoms. The molecule has 0 aromatic carbocycles. The van der Waals surface area contributed by atoms with Gasteiger partial charge >= 0.3 is 6.18 Å². The molecule has 0 bridgehead atoms. The minimum atomic E-state index is -5.04. The predicted molar refractivity (Wildman–Crippen MR) is 74.6 cm³/mol. The minimum absolute atomic E-state index is 0.0942. The topological polar surface area (TPSA) is 71.7 Å². The van der Waals surface area contributed by atoms with Crippen molar-refractivity contribution in [3.63, 3.8) is 0 Å². The summed E-state index contributed by atoms with van der Waals surface area (Å²) in [5, 5.41) is 12.5. The maximum absolute atomic E-state index is 13.3. The van der Waals surface area contributed by atoms with E-state index in [0.29, 0.717) is 13.0 Å². The lowest BCUT2D eigenvalue weighted by atomic mass is 9.95. The van der Waals surface area contributed by atoms with Crippen LogP contribution in [-0.2, 0) is 15.1 Å². The SMILES string of the molecule is Cc1ccc([C@](O)(CC(=O)NC[C@]2(C)CCCO2)C(F)(F)F)o1. The number of aryl methyl sites for hydroxylation is 1. The monoisotopic (exact) mass is 335 g/mol. The van der Waals surface area contributed by atoms with Crippen molar-refractivity contribution < 1.29 is 32.2 Å². The predicted octanol–water partition coefficient (Wildman–Crippen LogP) is 2.41. The highest BCUT2D eigenvalue weighted by Crippen LogP contribution is 2.42. The number of halogens is 3. The molecule has 0 saturated carbocycles. The van der Waals surface area contributed by atoms with Crippen LogP contribution in [0.5, 0.6) is 0 Å². The number of amides is 1. The first kappa shape index (κ1) is 17.8. The van der Waals surface area contributed by atoms with Gasteiger partial charge in [0, 0.05) is 13.2 Å². The Kier molecular flexibility index (Phi) is 4.77. The number of carbonyl (C=O) groups is 1. The van der Waals surface area contributed by atoms with Gasteiger partial charge in [-0.2, -0.15) is 13.2 Å². The minimum Gasteiger partial charge on any atom is -0.463 e. The fourth-order valence-electron chi connectivity index (χ4n) is 2.54. The van der Waals surface area contributed by atoms with Crippen LogP contribution in [0.1, 0.15) is 37.7 Å². The van der Waals surface area contributed by atoms with E-state index in [1.54, 1.807) is 6.92 Å². The number of hydrogen-bond donors (Lipinski definition) is 2. The fraction of sp³-hybridized carbons (Fsp3) is 0.667. The second-order valence-corrected chi connectivity index (χ2v) is 6.12. The maximum atomic E-state index is 13.3. The molecule has 0 radical (unpaired) electrons. The third-order valence-electron chi connectivity index (χ3n) is 3.99. The van der Waals surface area contributed by atoms with Crippen molar-refractivity contribution in [2.75, 3.05) is 13.2 Å². The molecule has 1 aromatic heterocycles. The number of carbonyl (C=O) groups excluding carboxylic acids is 1.